The van der Waals surface area contributed by atoms with Gasteiger partial charge in [-0.1, -0.05) is 107 Å². The summed E-state index contributed by atoms with van der Waals surface area (Å²) in [6.07, 6.45) is 5.99. The number of benzene rings is 3. The summed E-state index contributed by atoms with van der Waals surface area (Å²) in [5, 5.41) is 0. The third-order valence-electron chi connectivity index (χ3n) is 9.71. The van der Waals surface area contributed by atoms with E-state index in [2.05, 4.69) is 108 Å². The standard InChI is InChI=1S/C17H27NO2.C17H27NO.C16H25NO/c1-6-8-18(9-7-2)17(19)15-10-14(13(3)4)11-16(12-15)20-5;1-6-8-18(9-7-2)17(19)16-11-14(5)10-15(12-16)13(3)4;1-5-10-17(11-6-2)16(18)15-9-7-8-14(12-15)13(3)4/h10-13H,6-9H2,1-5H3;10-13H,6-9H2,1-5H3;7-9,12-13H,5-6,10-11H2,1-4H3. The number of hydrogen-bond acceptors (Lipinski definition) is 4. The number of aryl methyl sites for hydroxylation is 1. The van der Waals surface area contributed by atoms with Crippen molar-refractivity contribution in [2.24, 2.45) is 0 Å². The Kier molecular flexibility index (Phi) is 24.5. The largest absolute Gasteiger partial charge is 0.497 e. The van der Waals surface area contributed by atoms with E-state index in [1.54, 1.807) is 7.11 Å². The fourth-order valence-corrected chi connectivity index (χ4v) is 6.61. The summed E-state index contributed by atoms with van der Waals surface area (Å²) in [6.45, 7) is 32.6. The topological polar surface area (TPSA) is 70.2 Å². The van der Waals surface area contributed by atoms with Crippen LogP contribution in [0.25, 0.3) is 0 Å². The molecule has 0 aliphatic heterocycles. The number of carbonyl (C=O) groups is 3. The smallest absolute Gasteiger partial charge is 0.253 e. The Morgan fingerprint density at radius 1 is 0.474 bits per heavy atom. The highest BCUT2D eigenvalue weighted by molar-refractivity contribution is 5.96. The molecule has 0 radical (unpaired) electrons. The molecule has 0 saturated carbocycles. The Balaban J connectivity index is 0.000000428. The van der Waals surface area contributed by atoms with Gasteiger partial charge in [-0.3, -0.25) is 14.4 Å². The van der Waals surface area contributed by atoms with Gasteiger partial charge in [0, 0.05) is 56.0 Å². The highest BCUT2D eigenvalue weighted by Crippen LogP contribution is 2.24. The Hall–Kier alpha value is -4.13. The molecule has 0 aliphatic carbocycles. The van der Waals surface area contributed by atoms with Gasteiger partial charge in [0.05, 0.1) is 7.11 Å². The van der Waals surface area contributed by atoms with Crippen LogP contribution in [-0.4, -0.2) is 78.8 Å². The molecule has 7 heteroatoms. The molecule has 0 aliphatic rings. The van der Waals surface area contributed by atoms with Crippen LogP contribution in [0.4, 0.5) is 0 Å². The predicted molar refractivity (Wildman–Crippen MR) is 242 cm³/mol. The maximum atomic E-state index is 12.6. The van der Waals surface area contributed by atoms with E-state index < -0.39 is 0 Å². The van der Waals surface area contributed by atoms with E-state index in [1.165, 1.54) is 16.7 Å². The lowest BCUT2D eigenvalue weighted by molar-refractivity contribution is 0.0748. The van der Waals surface area contributed by atoms with E-state index in [0.29, 0.717) is 17.8 Å². The minimum Gasteiger partial charge on any atom is -0.497 e. The van der Waals surface area contributed by atoms with Crippen molar-refractivity contribution in [3.05, 3.63) is 99.6 Å². The quantitative estimate of drug-likeness (QED) is 0.121. The number of hydrogen-bond donors (Lipinski definition) is 0. The van der Waals surface area contributed by atoms with Crippen LogP contribution in [-0.2, 0) is 0 Å². The minimum absolute atomic E-state index is 0.106. The Bertz CT molecular complexity index is 1610. The monoisotopic (exact) mass is 786 g/mol. The molecule has 3 aromatic rings. The van der Waals surface area contributed by atoms with Crippen molar-refractivity contribution < 1.29 is 19.1 Å². The number of methoxy groups -OCH3 is 1. The molecular formula is C50H79N3O4. The van der Waals surface area contributed by atoms with Gasteiger partial charge < -0.3 is 19.4 Å². The lowest BCUT2D eigenvalue weighted by atomic mass is 9.97. The molecule has 0 bridgehead atoms. The number of nitrogens with zero attached hydrogens (tertiary/aromatic N) is 3. The first kappa shape index (κ1) is 50.9. The molecule has 0 aromatic heterocycles. The van der Waals surface area contributed by atoms with Gasteiger partial charge in [-0.15, -0.1) is 0 Å². The van der Waals surface area contributed by atoms with Gasteiger partial charge in [-0.25, -0.2) is 0 Å². The zero-order valence-electron chi connectivity index (χ0n) is 38.5. The summed E-state index contributed by atoms with van der Waals surface area (Å²) in [6, 6.07) is 20.1. The third kappa shape index (κ3) is 17.5. The molecular weight excluding hydrogens is 707 g/mol. The molecule has 3 rings (SSSR count). The molecule has 7 nitrogen and oxygen atoms in total. The second-order valence-electron chi connectivity index (χ2n) is 16.1. The normalized spacial score (nSPS) is 10.8. The fraction of sp³-hybridized carbons (Fsp3) is 0.580. The van der Waals surface area contributed by atoms with Crippen LogP contribution < -0.4 is 4.74 Å². The van der Waals surface area contributed by atoms with E-state index in [4.69, 9.17) is 4.74 Å². The molecule has 57 heavy (non-hydrogen) atoms. The average molecular weight is 786 g/mol. The van der Waals surface area contributed by atoms with Gasteiger partial charge in [0.1, 0.15) is 5.75 Å². The van der Waals surface area contributed by atoms with Gasteiger partial charge in [0.25, 0.3) is 17.7 Å². The van der Waals surface area contributed by atoms with Crippen molar-refractivity contribution in [2.45, 2.75) is 146 Å². The Morgan fingerprint density at radius 2 is 0.825 bits per heavy atom. The van der Waals surface area contributed by atoms with Gasteiger partial charge in [0.2, 0.25) is 0 Å². The Morgan fingerprint density at radius 3 is 1.19 bits per heavy atom. The molecule has 3 amide bonds. The molecule has 3 aromatic carbocycles. The van der Waals surface area contributed by atoms with Gasteiger partial charge in [-0.05, 0) is 122 Å². The highest BCUT2D eigenvalue weighted by atomic mass is 16.5. The van der Waals surface area contributed by atoms with E-state index >= 15 is 0 Å². The fourth-order valence-electron chi connectivity index (χ4n) is 6.61. The predicted octanol–water partition coefficient (Wildman–Crippen LogP) is 12.5. The summed E-state index contributed by atoms with van der Waals surface area (Å²) >= 11 is 0. The van der Waals surface area contributed by atoms with Crippen LogP contribution in [0, 0.1) is 6.92 Å². The first-order chi connectivity index (χ1) is 27.1. The van der Waals surface area contributed by atoms with Crippen LogP contribution in [0.3, 0.4) is 0 Å². The van der Waals surface area contributed by atoms with Crippen molar-refractivity contribution in [1.29, 1.82) is 0 Å². The first-order valence-electron chi connectivity index (χ1n) is 21.9. The molecule has 0 N–H and O–H groups in total. The number of rotatable bonds is 19. The van der Waals surface area contributed by atoms with Crippen LogP contribution in [0.5, 0.6) is 5.75 Å². The van der Waals surface area contributed by atoms with E-state index in [9.17, 15) is 14.4 Å². The molecule has 0 heterocycles. The van der Waals surface area contributed by atoms with Crippen molar-refractivity contribution in [1.82, 2.24) is 14.7 Å². The number of amides is 3. The van der Waals surface area contributed by atoms with Crippen LogP contribution in [0.1, 0.15) is 193 Å². The maximum absolute atomic E-state index is 12.6. The SMILES string of the molecule is CCCN(CCC)C(=O)c1cc(C)cc(C(C)C)c1.CCCN(CCC)C(=O)c1cc(OC)cc(C(C)C)c1.CCCN(CCC)C(=O)c1cccc(C(C)C)c1. The molecule has 318 valence electrons. The van der Waals surface area contributed by atoms with Gasteiger partial charge in [0.15, 0.2) is 0 Å². The lowest BCUT2D eigenvalue weighted by Crippen LogP contribution is -2.32. The summed E-state index contributed by atoms with van der Waals surface area (Å²) in [4.78, 5) is 43.5. The van der Waals surface area contributed by atoms with Crippen molar-refractivity contribution in [2.75, 3.05) is 46.4 Å². The maximum Gasteiger partial charge on any atom is 0.253 e. The zero-order chi connectivity index (χ0) is 43.1. The molecule has 0 spiro atoms. The van der Waals surface area contributed by atoms with E-state index in [-0.39, 0.29) is 17.7 Å². The number of carbonyl (C=O) groups excluding carboxylic acids is 3. The summed E-state index contributed by atoms with van der Waals surface area (Å²) in [5.74, 6) is 2.50. The van der Waals surface area contributed by atoms with Crippen molar-refractivity contribution >= 4 is 17.7 Å². The summed E-state index contributed by atoms with van der Waals surface area (Å²) in [7, 11) is 1.64. The van der Waals surface area contributed by atoms with Crippen molar-refractivity contribution in [3.8, 4) is 5.75 Å². The zero-order valence-corrected chi connectivity index (χ0v) is 38.5. The Labute approximate surface area is 348 Å². The molecule has 0 saturated heterocycles. The molecule has 0 atom stereocenters. The molecule has 0 fully saturated rings. The summed E-state index contributed by atoms with van der Waals surface area (Å²) < 4.78 is 5.32. The van der Waals surface area contributed by atoms with Crippen LogP contribution in [0.2, 0.25) is 0 Å². The van der Waals surface area contributed by atoms with Crippen LogP contribution in [0.15, 0.2) is 60.7 Å². The molecule has 0 unspecified atom stereocenters. The van der Waals surface area contributed by atoms with Gasteiger partial charge >= 0.3 is 0 Å². The summed E-state index contributed by atoms with van der Waals surface area (Å²) in [5.41, 5.74) is 7.18. The lowest BCUT2D eigenvalue weighted by Gasteiger charge is -2.22. The van der Waals surface area contributed by atoms with E-state index in [1.807, 2.05) is 57.2 Å². The third-order valence-corrected chi connectivity index (χ3v) is 9.71. The number of ether oxygens (including phenoxy) is 1. The van der Waals surface area contributed by atoms with Crippen LogP contribution >= 0.6 is 0 Å². The van der Waals surface area contributed by atoms with Crippen molar-refractivity contribution in [3.63, 3.8) is 0 Å². The first-order valence-corrected chi connectivity index (χ1v) is 21.9. The van der Waals surface area contributed by atoms with Gasteiger partial charge in [-0.2, -0.15) is 0 Å². The second-order valence-corrected chi connectivity index (χ2v) is 16.1. The second kappa shape index (κ2) is 27.5. The average Bonchev–Trinajstić information content (AvgIpc) is 3.19. The minimum atomic E-state index is 0.106. The van der Waals surface area contributed by atoms with E-state index in [0.717, 1.165) is 106 Å². The highest BCUT2D eigenvalue weighted by Gasteiger charge is 2.18.